The molecule has 0 radical (unpaired) electrons. The van der Waals surface area contributed by atoms with Crippen molar-refractivity contribution in [1.82, 2.24) is 20.3 Å². The summed E-state index contributed by atoms with van der Waals surface area (Å²) in [6, 6.07) is -0.246. The van der Waals surface area contributed by atoms with Gasteiger partial charge in [-0.3, -0.25) is 5.32 Å². The van der Waals surface area contributed by atoms with E-state index >= 15 is 0 Å². The van der Waals surface area contributed by atoms with Gasteiger partial charge in [-0.15, -0.1) is 11.3 Å². The van der Waals surface area contributed by atoms with Crippen molar-refractivity contribution in [3.63, 3.8) is 0 Å². The predicted molar refractivity (Wildman–Crippen MR) is 81.7 cm³/mol. The van der Waals surface area contributed by atoms with Crippen LogP contribution in [0.3, 0.4) is 0 Å². The van der Waals surface area contributed by atoms with E-state index in [1.165, 1.54) is 29.0 Å². The molecule has 21 heavy (non-hydrogen) atoms. The second-order valence-corrected chi connectivity index (χ2v) is 6.05. The summed E-state index contributed by atoms with van der Waals surface area (Å²) in [4.78, 5) is 25.3. The SMILES string of the molecule is CNC(=O)Nc1ncc(CCc2ncnc3c2CCC3)s1. The van der Waals surface area contributed by atoms with Crippen LogP contribution in [0.1, 0.15) is 28.2 Å². The normalized spacial score (nSPS) is 13.0. The number of fused-ring (bicyclic) bond motifs is 1. The van der Waals surface area contributed by atoms with Crippen LogP contribution in [0.4, 0.5) is 9.93 Å². The van der Waals surface area contributed by atoms with E-state index in [0.717, 1.165) is 36.3 Å². The van der Waals surface area contributed by atoms with Crippen LogP contribution in [-0.2, 0) is 25.7 Å². The standard InChI is InChI=1S/C14H17N5OS/c1-15-13(20)19-14-16-7-9(21-14)5-6-12-10-3-2-4-11(10)17-8-18-12/h7-8H,2-6H2,1H3,(H2,15,16,19,20). The van der Waals surface area contributed by atoms with Crippen LogP contribution in [-0.4, -0.2) is 28.0 Å². The number of anilines is 1. The van der Waals surface area contributed by atoms with Crippen molar-refractivity contribution in [2.45, 2.75) is 32.1 Å². The molecule has 1 aliphatic carbocycles. The highest BCUT2D eigenvalue weighted by molar-refractivity contribution is 7.15. The first kappa shape index (κ1) is 13.9. The van der Waals surface area contributed by atoms with Gasteiger partial charge in [-0.1, -0.05) is 0 Å². The molecule has 7 heteroatoms. The lowest BCUT2D eigenvalue weighted by molar-refractivity contribution is 0.254. The first-order valence-corrected chi connectivity index (χ1v) is 7.83. The van der Waals surface area contributed by atoms with Crippen LogP contribution in [0.2, 0.25) is 0 Å². The number of nitrogens with zero attached hydrogens (tertiary/aromatic N) is 3. The lowest BCUT2D eigenvalue weighted by atomic mass is 10.1. The van der Waals surface area contributed by atoms with E-state index < -0.39 is 0 Å². The zero-order valence-electron chi connectivity index (χ0n) is 11.8. The van der Waals surface area contributed by atoms with Gasteiger partial charge in [-0.2, -0.15) is 0 Å². The molecule has 1 aliphatic rings. The molecule has 0 saturated heterocycles. The summed E-state index contributed by atoms with van der Waals surface area (Å²) < 4.78 is 0. The third-order valence-corrected chi connectivity index (χ3v) is 4.55. The molecule has 6 nitrogen and oxygen atoms in total. The molecular formula is C14H17N5OS. The molecule has 0 saturated carbocycles. The van der Waals surface area contributed by atoms with Crippen molar-refractivity contribution < 1.29 is 4.79 Å². The highest BCUT2D eigenvalue weighted by Crippen LogP contribution is 2.24. The minimum atomic E-state index is -0.246. The third-order valence-electron chi connectivity index (χ3n) is 3.57. The molecule has 110 valence electrons. The summed E-state index contributed by atoms with van der Waals surface area (Å²) in [5.41, 5.74) is 3.71. The molecule has 0 unspecified atom stereocenters. The summed E-state index contributed by atoms with van der Waals surface area (Å²) in [6.07, 6.45) is 8.62. The maximum absolute atomic E-state index is 11.2. The zero-order valence-corrected chi connectivity index (χ0v) is 12.7. The van der Waals surface area contributed by atoms with Gasteiger partial charge in [0.05, 0.1) is 0 Å². The Labute approximate surface area is 127 Å². The van der Waals surface area contributed by atoms with Crippen LogP contribution >= 0.6 is 11.3 Å². The number of amides is 2. The number of hydrogen-bond acceptors (Lipinski definition) is 5. The van der Waals surface area contributed by atoms with E-state index in [9.17, 15) is 4.79 Å². The van der Waals surface area contributed by atoms with Gasteiger partial charge in [0.1, 0.15) is 6.33 Å². The number of rotatable bonds is 4. The molecule has 0 aliphatic heterocycles. The van der Waals surface area contributed by atoms with Gasteiger partial charge in [-0.25, -0.2) is 19.7 Å². The Bertz CT molecular complexity index is 655. The third kappa shape index (κ3) is 3.18. The Kier molecular flexibility index (Phi) is 4.10. The number of hydrogen-bond donors (Lipinski definition) is 2. The van der Waals surface area contributed by atoms with Crippen molar-refractivity contribution in [1.29, 1.82) is 0 Å². The monoisotopic (exact) mass is 303 g/mol. The first-order chi connectivity index (χ1) is 10.3. The quantitative estimate of drug-likeness (QED) is 0.905. The second kappa shape index (κ2) is 6.17. The van der Waals surface area contributed by atoms with Crippen LogP contribution in [0, 0.1) is 0 Å². The molecule has 3 rings (SSSR count). The van der Waals surface area contributed by atoms with Crippen molar-refractivity contribution in [3.05, 3.63) is 34.4 Å². The smallest absolute Gasteiger partial charge is 0.320 e. The van der Waals surface area contributed by atoms with Crippen LogP contribution in [0.25, 0.3) is 0 Å². The van der Waals surface area contributed by atoms with Crippen LogP contribution < -0.4 is 10.6 Å². The number of aromatic nitrogens is 3. The summed E-state index contributed by atoms with van der Waals surface area (Å²) in [5, 5.41) is 5.81. The van der Waals surface area contributed by atoms with E-state index in [4.69, 9.17) is 0 Å². The highest BCUT2D eigenvalue weighted by atomic mass is 32.1. The Balaban J connectivity index is 1.63. The maximum Gasteiger partial charge on any atom is 0.320 e. The average Bonchev–Trinajstić information content (AvgIpc) is 3.13. The van der Waals surface area contributed by atoms with Gasteiger partial charge < -0.3 is 5.32 Å². The molecular weight excluding hydrogens is 286 g/mol. The minimum Gasteiger partial charge on any atom is -0.341 e. The summed E-state index contributed by atoms with van der Waals surface area (Å²) in [7, 11) is 1.58. The van der Waals surface area contributed by atoms with E-state index in [1.807, 2.05) is 6.20 Å². The molecule has 0 atom stereocenters. The number of thiazole rings is 1. The maximum atomic E-state index is 11.2. The average molecular weight is 303 g/mol. The van der Waals surface area contributed by atoms with Crippen LogP contribution in [0.5, 0.6) is 0 Å². The fourth-order valence-electron chi connectivity index (χ4n) is 2.52. The Hall–Kier alpha value is -2.02. The molecule has 2 amide bonds. The Morgan fingerprint density at radius 3 is 3.05 bits per heavy atom. The summed E-state index contributed by atoms with van der Waals surface area (Å²) in [6.45, 7) is 0. The van der Waals surface area contributed by atoms with E-state index in [1.54, 1.807) is 13.4 Å². The Morgan fingerprint density at radius 2 is 2.19 bits per heavy atom. The molecule has 0 fully saturated rings. The van der Waals surface area contributed by atoms with Gasteiger partial charge >= 0.3 is 6.03 Å². The van der Waals surface area contributed by atoms with Crippen molar-refractivity contribution in [2.75, 3.05) is 12.4 Å². The largest absolute Gasteiger partial charge is 0.341 e. The number of aryl methyl sites for hydroxylation is 3. The number of carbonyl (C=O) groups is 1. The van der Waals surface area contributed by atoms with Crippen LogP contribution in [0.15, 0.2) is 12.5 Å². The van der Waals surface area contributed by atoms with Gasteiger partial charge in [0.2, 0.25) is 0 Å². The summed E-state index contributed by atoms with van der Waals surface area (Å²) >= 11 is 1.50. The molecule has 0 aromatic carbocycles. The number of nitrogens with one attached hydrogen (secondary N) is 2. The predicted octanol–water partition coefficient (Wildman–Crippen LogP) is 1.96. The number of carbonyl (C=O) groups excluding carboxylic acids is 1. The van der Waals surface area contributed by atoms with Gasteiger partial charge in [0, 0.05) is 29.5 Å². The van der Waals surface area contributed by atoms with E-state index in [2.05, 4.69) is 25.6 Å². The fourth-order valence-corrected chi connectivity index (χ4v) is 3.33. The lowest BCUT2D eigenvalue weighted by Crippen LogP contribution is -2.24. The first-order valence-electron chi connectivity index (χ1n) is 7.01. The van der Waals surface area contributed by atoms with E-state index in [-0.39, 0.29) is 6.03 Å². The molecule has 0 bridgehead atoms. The molecule has 2 aromatic heterocycles. The lowest BCUT2D eigenvalue weighted by Gasteiger charge is -2.05. The van der Waals surface area contributed by atoms with Crippen molar-refractivity contribution >= 4 is 22.5 Å². The molecule has 0 spiro atoms. The van der Waals surface area contributed by atoms with Gasteiger partial charge in [0.15, 0.2) is 5.13 Å². The minimum absolute atomic E-state index is 0.246. The van der Waals surface area contributed by atoms with Gasteiger partial charge in [0.25, 0.3) is 0 Å². The number of urea groups is 1. The van der Waals surface area contributed by atoms with E-state index in [0.29, 0.717) is 5.13 Å². The van der Waals surface area contributed by atoms with Crippen molar-refractivity contribution in [2.24, 2.45) is 0 Å². The topological polar surface area (TPSA) is 79.8 Å². The van der Waals surface area contributed by atoms with Crippen molar-refractivity contribution in [3.8, 4) is 0 Å². The molecule has 2 heterocycles. The molecule has 2 aromatic rings. The zero-order chi connectivity index (χ0) is 14.7. The summed E-state index contributed by atoms with van der Waals surface area (Å²) in [5.74, 6) is 0. The highest BCUT2D eigenvalue weighted by Gasteiger charge is 2.17. The van der Waals surface area contributed by atoms with Gasteiger partial charge in [-0.05, 0) is 37.7 Å². The second-order valence-electron chi connectivity index (χ2n) is 4.94. The fraction of sp³-hybridized carbons (Fsp3) is 0.429. The molecule has 2 N–H and O–H groups in total. The Morgan fingerprint density at radius 1 is 1.29 bits per heavy atom.